The zero-order valence-electron chi connectivity index (χ0n) is 17.6. The molecular weight excluding hydrogens is 487 g/mol. The van der Waals surface area contributed by atoms with Gasteiger partial charge in [-0.1, -0.05) is 71.9 Å². The van der Waals surface area contributed by atoms with Gasteiger partial charge in [-0.3, -0.25) is 9.36 Å². The van der Waals surface area contributed by atoms with Crippen LogP contribution in [0.4, 0.5) is 5.69 Å². The summed E-state index contributed by atoms with van der Waals surface area (Å²) >= 11 is 20.1. The summed E-state index contributed by atoms with van der Waals surface area (Å²) < 4.78 is 2.14. The van der Waals surface area contributed by atoms with Crippen LogP contribution in [-0.4, -0.2) is 26.4 Å². The standard InChI is InChI=1S/C23H23Cl3N4OS/c1-14-7-10-18(25)20(11-14)27-21(31)13-32-23-29-28-22(17-9-8-15(24)12-19(17)26)30(23)16-5-3-2-4-6-16/h7-12,16H,2-6,13H2,1H3,(H,27,31). The lowest BCUT2D eigenvalue weighted by Crippen LogP contribution is -2.17. The van der Waals surface area contributed by atoms with Gasteiger partial charge in [-0.05, 0) is 55.7 Å². The Balaban J connectivity index is 1.57. The first-order valence-electron chi connectivity index (χ1n) is 10.5. The summed E-state index contributed by atoms with van der Waals surface area (Å²) in [4.78, 5) is 12.6. The zero-order chi connectivity index (χ0) is 22.7. The number of nitrogens with one attached hydrogen (secondary N) is 1. The lowest BCUT2D eigenvalue weighted by atomic mass is 9.95. The molecule has 3 aromatic rings. The first-order chi connectivity index (χ1) is 15.4. The normalized spacial score (nSPS) is 14.5. The number of carbonyl (C=O) groups is 1. The van der Waals surface area contributed by atoms with Crippen LogP contribution in [-0.2, 0) is 4.79 Å². The number of carbonyl (C=O) groups excluding carboxylic acids is 1. The highest BCUT2D eigenvalue weighted by Crippen LogP contribution is 2.38. The van der Waals surface area contributed by atoms with E-state index in [1.54, 1.807) is 18.2 Å². The molecule has 1 heterocycles. The monoisotopic (exact) mass is 508 g/mol. The number of anilines is 1. The highest BCUT2D eigenvalue weighted by atomic mass is 35.5. The molecule has 1 saturated carbocycles. The van der Waals surface area contributed by atoms with Crippen molar-refractivity contribution in [2.75, 3.05) is 11.1 Å². The maximum atomic E-state index is 12.6. The van der Waals surface area contributed by atoms with E-state index in [0.29, 0.717) is 31.7 Å². The van der Waals surface area contributed by atoms with Crippen LogP contribution in [0, 0.1) is 6.92 Å². The van der Waals surface area contributed by atoms with Gasteiger partial charge < -0.3 is 5.32 Å². The highest BCUT2D eigenvalue weighted by Gasteiger charge is 2.25. The minimum Gasteiger partial charge on any atom is -0.324 e. The Morgan fingerprint density at radius 1 is 1.06 bits per heavy atom. The fourth-order valence-corrected chi connectivity index (χ4v) is 5.41. The third kappa shape index (κ3) is 5.42. The van der Waals surface area contributed by atoms with Crippen LogP contribution < -0.4 is 5.32 Å². The second-order valence-corrected chi connectivity index (χ2v) is 10.1. The van der Waals surface area contributed by atoms with Crippen LogP contribution in [0.15, 0.2) is 41.6 Å². The molecule has 2 aromatic carbocycles. The fourth-order valence-electron chi connectivity index (χ4n) is 3.95. The zero-order valence-corrected chi connectivity index (χ0v) is 20.7. The molecule has 0 unspecified atom stereocenters. The Morgan fingerprint density at radius 3 is 2.59 bits per heavy atom. The molecule has 0 atom stereocenters. The van der Waals surface area contributed by atoms with E-state index in [4.69, 9.17) is 34.8 Å². The molecule has 168 valence electrons. The van der Waals surface area contributed by atoms with Crippen molar-refractivity contribution >= 4 is 58.2 Å². The maximum Gasteiger partial charge on any atom is 0.234 e. The number of aryl methyl sites for hydroxylation is 1. The van der Waals surface area contributed by atoms with Crippen molar-refractivity contribution < 1.29 is 4.79 Å². The van der Waals surface area contributed by atoms with Crippen molar-refractivity contribution in [3.05, 3.63) is 57.0 Å². The van der Waals surface area contributed by atoms with Gasteiger partial charge in [-0.25, -0.2) is 0 Å². The quantitative estimate of drug-likeness (QED) is 0.351. The number of thioether (sulfide) groups is 1. The summed E-state index contributed by atoms with van der Waals surface area (Å²) in [5, 5.41) is 14.1. The first-order valence-corrected chi connectivity index (χ1v) is 12.6. The van der Waals surface area contributed by atoms with Gasteiger partial charge in [0, 0.05) is 16.6 Å². The molecule has 1 amide bonds. The van der Waals surface area contributed by atoms with Crippen LogP contribution in [0.5, 0.6) is 0 Å². The molecule has 32 heavy (non-hydrogen) atoms. The molecule has 1 aromatic heterocycles. The van der Waals surface area contributed by atoms with Crippen molar-refractivity contribution in [3.8, 4) is 11.4 Å². The van der Waals surface area contributed by atoms with Gasteiger partial charge in [0.25, 0.3) is 0 Å². The molecule has 0 radical (unpaired) electrons. The molecule has 0 bridgehead atoms. The second-order valence-electron chi connectivity index (χ2n) is 7.91. The van der Waals surface area contributed by atoms with E-state index < -0.39 is 0 Å². The molecule has 9 heteroatoms. The van der Waals surface area contributed by atoms with E-state index >= 15 is 0 Å². The molecule has 0 aliphatic heterocycles. The lowest BCUT2D eigenvalue weighted by molar-refractivity contribution is -0.113. The summed E-state index contributed by atoms with van der Waals surface area (Å²) in [5.41, 5.74) is 2.43. The number of aromatic nitrogens is 3. The third-order valence-corrected chi connectivity index (χ3v) is 7.33. The predicted molar refractivity (Wildman–Crippen MR) is 133 cm³/mol. The Kier molecular flexibility index (Phi) is 7.66. The van der Waals surface area contributed by atoms with E-state index in [-0.39, 0.29) is 17.7 Å². The smallest absolute Gasteiger partial charge is 0.234 e. The summed E-state index contributed by atoms with van der Waals surface area (Å²) in [7, 11) is 0. The number of hydrogen-bond donors (Lipinski definition) is 1. The minimum absolute atomic E-state index is 0.147. The maximum absolute atomic E-state index is 12.6. The van der Waals surface area contributed by atoms with Gasteiger partial charge in [-0.2, -0.15) is 0 Å². The molecule has 4 rings (SSSR count). The predicted octanol–water partition coefficient (Wildman–Crippen LogP) is 7.45. The number of amides is 1. The van der Waals surface area contributed by atoms with Crippen molar-refractivity contribution in [2.45, 2.75) is 50.2 Å². The van der Waals surface area contributed by atoms with E-state index in [1.807, 2.05) is 25.1 Å². The average Bonchev–Trinajstić information content (AvgIpc) is 3.19. The van der Waals surface area contributed by atoms with Gasteiger partial charge in [0.1, 0.15) is 0 Å². The van der Waals surface area contributed by atoms with Crippen LogP contribution in [0.25, 0.3) is 11.4 Å². The van der Waals surface area contributed by atoms with Gasteiger partial charge in [-0.15, -0.1) is 10.2 Å². The van der Waals surface area contributed by atoms with Crippen molar-refractivity contribution in [1.82, 2.24) is 14.8 Å². The SMILES string of the molecule is Cc1ccc(Cl)c(NC(=O)CSc2nnc(-c3ccc(Cl)cc3Cl)n2C2CCCCC2)c1. The van der Waals surface area contributed by atoms with Crippen molar-refractivity contribution in [2.24, 2.45) is 0 Å². The molecule has 1 fully saturated rings. The first kappa shape index (κ1) is 23.4. The van der Waals surface area contributed by atoms with Crippen LogP contribution in [0.2, 0.25) is 15.1 Å². The van der Waals surface area contributed by atoms with Gasteiger partial charge >= 0.3 is 0 Å². The molecule has 1 N–H and O–H groups in total. The molecule has 5 nitrogen and oxygen atoms in total. The molecule has 1 aliphatic carbocycles. The lowest BCUT2D eigenvalue weighted by Gasteiger charge is -2.25. The average molecular weight is 510 g/mol. The van der Waals surface area contributed by atoms with Crippen molar-refractivity contribution in [3.63, 3.8) is 0 Å². The number of halogens is 3. The van der Waals surface area contributed by atoms with E-state index in [1.165, 1.54) is 18.2 Å². The topological polar surface area (TPSA) is 59.8 Å². The van der Waals surface area contributed by atoms with Crippen LogP contribution in [0.1, 0.15) is 43.7 Å². The number of rotatable bonds is 6. The highest BCUT2D eigenvalue weighted by molar-refractivity contribution is 7.99. The Bertz CT molecular complexity index is 1130. The number of benzene rings is 2. The fraction of sp³-hybridized carbons (Fsp3) is 0.348. The molecular formula is C23H23Cl3N4OS. The molecule has 1 aliphatic rings. The van der Waals surface area contributed by atoms with Crippen molar-refractivity contribution in [1.29, 1.82) is 0 Å². The second kappa shape index (κ2) is 10.5. The van der Waals surface area contributed by atoms with Crippen LogP contribution in [0.3, 0.4) is 0 Å². The number of hydrogen-bond acceptors (Lipinski definition) is 4. The summed E-state index contributed by atoms with van der Waals surface area (Å²) in [6.07, 6.45) is 5.65. The Morgan fingerprint density at radius 2 is 1.84 bits per heavy atom. The Hall–Kier alpha value is -1.73. The van der Waals surface area contributed by atoms with Gasteiger partial charge in [0.15, 0.2) is 11.0 Å². The summed E-state index contributed by atoms with van der Waals surface area (Å²) in [6.45, 7) is 1.96. The van der Waals surface area contributed by atoms with E-state index in [2.05, 4.69) is 20.1 Å². The van der Waals surface area contributed by atoms with E-state index in [9.17, 15) is 4.79 Å². The van der Waals surface area contributed by atoms with E-state index in [0.717, 1.165) is 36.8 Å². The molecule has 0 saturated heterocycles. The van der Waals surface area contributed by atoms with Gasteiger partial charge in [0.05, 0.1) is 21.5 Å². The molecule has 0 spiro atoms. The number of nitrogens with zero attached hydrogens (tertiary/aromatic N) is 3. The van der Waals surface area contributed by atoms with Crippen LogP contribution >= 0.6 is 46.6 Å². The minimum atomic E-state index is -0.147. The Labute approximate surface area is 206 Å². The largest absolute Gasteiger partial charge is 0.324 e. The third-order valence-electron chi connectivity index (χ3n) is 5.50. The van der Waals surface area contributed by atoms with Gasteiger partial charge in [0.2, 0.25) is 5.91 Å². The summed E-state index contributed by atoms with van der Waals surface area (Å²) in [6, 6.07) is 11.2. The summed E-state index contributed by atoms with van der Waals surface area (Å²) in [5.74, 6) is 0.763.